The van der Waals surface area contributed by atoms with Crippen LogP contribution < -0.4 is 11.1 Å². The fourth-order valence-electron chi connectivity index (χ4n) is 2.28. The van der Waals surface area contributed by atoms with E-state index in [4.69, 9.17) is 18.0 Å². The van der Waals surface area contributed by atoms with Crippen LogP contribution in [0.25, 0.3) is 0 Å². The predicted octanol–water partition coefficient (Wildman–Crippen LogP) is 1.89. The van der Waals surface area contributed by atoms with Crippen LogP contribution in [0.5, 0.6) is 0 Å². The Hall–Kier alpha value is -1.62. The first-order chi connectivity index (χ1) is 9.16. The van der Waals surface area contributed by atoms with Crippen molar-refractivity contribution in [3.8, 4) is 0 Å². The van der Waals surface area contributed by atoms with Gasteiger partial charge in [-0.15, -0.1) is 0 Å². The molecule has 1 atom stereocenters. The summed E-state index contributed by atoms with van der Waals surface area (Å²) in [5, 5.41) is 2.93. The molecule has 0 aliphatic carbocycles. The summed E-state index contributed by atoms with van der Waals surface area (Å²) in [6.45, 7) is 1.96. The maximum absolute atomic E-state index is 12.1. The largest absolute Gasteiger partial charge is 0.393 e. The van der Waals surface area contributed by atoms with Gasteiger partial charge in [-0.2, -0.15) is 0 Å². The van der Waals surface area contributed by atoms with Gasteiger partial charge in [-0.25, -0.2) is 4.79 Å². The number of benzene rings is 1. The summed E-state index contributed by atoms with van der Waals surface area (Å²) in [5.41, 5.74) is 6.76. The zero-order chi connectivity index (χ0) is 13.7. The number of carbonyl (C=O) groups excluding carboxylic acids is 1. The minimum atomic E-state index is -0.0372. The number of likely N-dealkylation sites (tertiary alicyclic amines) is 1. The highest BCUT2D eigenvalue weighted by molar-refractivity contribution is 7.80. The molecular weight excluding hydrogens is 258 g/mol. The highest BCUT2D eigenvalue weighted by Gasteiger charge is 2.24. The van der Waals surface area contributed by atoms with E-state index in [2.05, 4.69) is 5.32 Å². The fraction of sp³-hybridized carbons (Fsp3) is 0.429. The molecule has 5 heteroatoms. The zero-order valence-corrected chi connectivity index (χ0v) is 11.7. The van der Waals surface area contributed by atoms with Crippen molar-refractivity contribution in [2.24, 2.45) is 11.7 Å². The highest BCUT2D eigenvalue weighted by atomic mass is 32.1. The first-order valence-electron chi connectivity index (χ1n) is 6.53. The number of carbonyl (C=O) groups is 1. The van der Waals surface area contributed by atoms with Crippen LogP contribution in [0.2, 0.25) is 0 Å². The van der Waals surface area contributed by atoms with Crippen molar-refractivity contribution in [3.05, 3.63) is 35.9 Å². The average molecular weight is 277 g/mol. The summed E-state index contributed by atoms with van der Waals surface area (Å²) in [6.07, 6.45) is 1.94. The molecule has 102 valence electrons. The molecule has 0 bridgehead atoms. The van der Waals surface area contributed by atoms with Crippen molar-refractivity contribution in [1.29, 1.82) is 0 Å². The van der Waals surface area contributed by atoms with Crippen molar-refractivity contribution in [1.82, 2.24) is 10.2 Å². The number of urea groups is 1. The molecular formula is C14H19N3OS. The van der Waals surface area contributed by atoms with Gasteiger partial charge in [0.05, 0.1) is 4.99 Å². The van der Waals surface area contributed by atoms with Crippen LogP contribution in [0, 0.1) is 5.92 Å². The molecule has 1 aromatic carbocycles. The van der Waals surface area contributed by atoms with Crippen LogP contribution >= 0.6 is 12.2 Å². The van der Waals surface area contributed by atoms with Crippen LogP contribution in [-0.2, 0) is 6.54 Å². The Labute approximate surface area is 119 Å². The minimum absolute atomic E-state index is 0.0372. The Morgan fingerprint density at radius 1 is 1.42 bits per heavy atom. The van der Waals surface area contributed by atoms with Gasteiger partial charge in [0.1, 0.15) is 0 Å². The smallest absolute Gasteiger partial charge is 0.317 e. The first-order valence-corrected chi connectivity index (χ1v) is 6.93. The molecule has 1 fully saturated rings. The van der Waals surface area contributed by atoms with E-state index in [1.165, 1.54) is 0 Å². The lowest BCUT2D eigenvalue weighted by Crippen LogP contribution is -2.47. The van der Waals surface area contributed by atoms with Crippen molar-refractivity contribution in [3.63, 3.8) is 0 Å². The van der Waals surface area contributed by atoms with Crippen LogP contribution in [0.1, 0.15) is 18.4 Å². The maximum atomic E-state index is 12.1. The minimum Gasteiger partial charge on any atom is -0.393 e. The van der Waals surface area contributed by atoms with Crippen LogP contribution in [0.4, 0.5) is 4.79 Å². The van der Waals surface area contributed by atoms with E-state index in [0.717, 1.165) is 24.9 Å². The third-order valence-electron chi connectivity index (χ3n) is 3.40. The molecule has 1 unspecified atom stereocenters. The molecule has 0 radical (unpaired) electrons. The Morgan fingerprint density at radius 2 is 2.16 bits per heavy atom. The summed E-state index contributed by atoms with van der Waals surface area (Å²) in [5.74, 6) is 0.159. The van der Waals surface area contributed by atoms with E-state index in [-0.39, 0.29) is 11.9 Å². The molecule has 19 heavy (non-hydrogen) atoms. The van der Waals surface area contributed by atoms with Crippen LogP contribution in [0.3, 0.4) is 0 Å². The number of amides is 2. The SMILES string of the molecule is NC(=S)C1CCCN(C(=O)NCc2ccccc2)C1. The van der Waals surface area contributed by atoms with Crippen molar-refractivity contribution >= 4 is 23.2 Å². The van der Waals surface area contributed by atoms with E-state index < -0.39 is 0 Å². The van der Waals surface area contributed by atoms with Gasteiger partial charge in [-0.1, -0.05) is 42.5 Å². The lowest BCUT2D eigenvalue weighted by molar-refractivity contribution is 0.178. The second kappa shape index (κ2) is 6.52. The van der Waals surface area contributed by atoms with Gasteiger partial charge < -0.3 is 16.0 Å². The van der Waals surface area contributed by atoms with Crippen molar-refractivity contribution in [2.75, 3.05) is 13.1 Å². The summed E-state index contributed by atoms with van der Waals surface area (Å²) >= 11 is 5.02. The maximum Gasteiger partial charge on any atom is 0.317 e. The van der Waals surface area contributed by atoms with E-state index in [1.54, 1.807) is 4.90 Å². The molecule has 1 aliphatic heterocycles. The Morgan fingerprint density at radius 3 is 2.84 bits per heavy atom. The van der Waals surface area contributed by atoms with Gasteiger partial charge in [0.15, 0.2) is 0 Å². The van der Waals surface area contributed by atoms with Gasteiger partial charge in [0.25, 0.3) is 0 Å². The first kappa shape index (κ1) is 13.8. The molecule has 3 N–H and O–H groups in total. The predicted molar refractivity (Wildman–Crippen MR) is 79.8 cm³/mol. The lowest BCUT2D eigenvalue weighted by atomic mass is 9.98. The number of piperidine rings is 1. The molecule has 0 saturated carbocycles. The summed E-state index contributed by atoms with van der Waals surface area (Å²) in [4.78, 5) is 14.4. The Balaban J connectivity index is 1.84. The normalized spacial score (nSPS) is 18.9. The molecule has 2 rings (SSSR count). The standard InChI is InChI=1S/C14H19N3OS/c15-13(19)12-7-4-8-17(10-12)14(18)16-9-11-5-2-1-3-6-11/h1-3,5-6,12H,4,7-10H2,(H2,15,19)(H,16,18). The third-order valence-corrected chi connectivity index (χ3v) is 3.73. The van der Waals surface area contributed by atoms with E-state index in [9.17, 15) is 4.79 Å². The van der Waals surface area contributed by atoms with Gasteiger partial charge in [-0.3, -0.25) is 0 Å². The number of nitrogens with zero attached hydrogens (tertiary/aromatic N) is 1. The fourth-order valence-corrected chi connectivity index (χ4v) is 2.47. The molecule has 0 aromatic heterocycles. The second-order valence-electron chi connectivity index (χ2n) is 4.83. The van der Waals surface area contributed by atoms with E-state index in [0.29, 0.717) is 18.1 Å². The van der Waals surface area contributed by atoms with E-state index >= 15 is 0 Å². The Kier molecular flexibility index (Phi) is 4.74. The van der Waals surface area contributed by atoms with Crippen molar-refractivity contribution in [2.45, 2.75) is 19.4 Å². The Bertz CT molecular complexity index is 449. The van der Waals surface area contributed by atoms with Crippen molar-refractivity contribution < 1.29 is 4.79 Å². The van der Waals surface area contributed by atoms with Gasteiger partial charge >= 0.3 is 6.03 Å². The lowest BCUT2D eigenvalue weighted by Gasteiger charge is -2.32. The number of nitrogens with two attached hydrogens (primary N) is 1. The molecule has 0 spiro atoms. The number of thiocarbonyl (C=S) groups is 1. The summed E-state index contributed by atoms with van der Waals surface area (Å²) < 4.78 is 0. The monoisotopic (exact) mass is 277 g/mol. The average Bonchev–Trinajstić information content (AvgIpc) is 2.46. The third kappa shape index (κ3) is 3.92. The van der Waals surface area contributed by atoms with Gasteiger partial charge in [0, 0.05) is 25.6 Å². The van der Waals surface area contributed by atoms with E-state index in [1.807, 2.05) is 30.3 Å². The quantitative estimate of drug-likeness (QED) is 0.830. The molecule has 1 aliphatic rings. The summed E-state index contributed by atoms with van der Waals surface area (Å²) in [7, 11) is 0. The summed E-state index contributed by atoms with van der Waals surface area (Å²) in [6, 6.07) is 9.84. The number of nitrogens with one attached hydrogen (secondary N) is 1. The van der Waals surface area contributed by atoms with Crippen LogP contribution in [-0.4, -0.2) is 29.0 Å². The zero-order valence-electron chi connectivity index (χ0n) is 10.8. The number of hydrogen-bond acceptors (Lipinski definition) is 2. The molecule has 1 aromatic rings. The molecule has 1 saturated heterocycles. The molecule has 4 nitrogen and oxygen atoms in total. The second-order valence-corrected chi connectivity index (χ2v) is 5.30. The number of rotatable bonds is 3. The van der Waals surface area contributed by atoms with Crippen LogP contribution in [0.15, 0.2) is 30.3 Å². The highest BCUT2D eigenvalue weighted by Crippen LogP contribution is 2.16. The number of hydrogen-bond donors (Lipinski definition) is 2. The van der Waals surface area contributed by atoms with Gasteiger partial charge in [-0.05, 0) is 18.4 Å². The van der Waals surface area contributed by atoms with Gasteiger partial charge in [0.2, 0.25) is 0 Å². The topological polar surface area (TPSA) is 58.4 Å². The molecule has 1 heterocycles. The molecule has 2 amide bonds.